The molecule has 0 bridgehead atoms. The lowest BCUT2D eigenvalue weighted by Gasteiger charge is -2.26. The normalized spacial score (nSPS) is 25.3. The molecule has 0 spiro atoms. The molecule has 0 aromatic heterocycles. The predicted octanol–water partition coefficient (Wildman–Crippen LogP) is 1.56. The number of nitrogens with two attached hydrogens (primary N) is 1. The fraction of sp³-hybridized carbons (Fsp3) is 1.00. The highest BCUT2D eigenvalue weighted by Gasteiger charge is 2.25. The van der Waals surface area contributed by atoms with Gasteiger partial charge < -0.3 is 15.2 Å². The number of hydrogen-bond donors (Lipinski definition) is 1. The van der Waals surface area contributed by atoms with Crippen molar-refractivity contribution in [3.8, 4) is 0 Å². The van der Waals surface area contributed by atoms with Crippen molar-refractivity contribution in [3.05, 3.63) is 0 Å². The SMILES string of the molecule is COC(C)(C)CCC(N)C1CCOC1. The molecular formula is C11H23NO2. The molecule has 3 heteroatoms. The first kappa shape index (κ1) is 12.0. The molecule has 0 aliphatic carbocycles. The second-order valence-corrected chi connectivity index (χ2v) is 4.79. The maximum Gasteiger partial charge on any atom is 0.0623 e. The van der Waals surface area contributed by atoms with Crippen LogP contribution in [0.2, 0.25) is 0 Å². The van der Waals surface area contributed by atoms with E-state index in [1.807, 2.05) is 0 Å². The standard InChI is InChI=1S/C11H23NO2/c1-11(2,13-3)6-4-10(12)9-5-7-14-8-9/h9-10H,4-8,12H2,1-3H3. The number of hydrogen-bond acceptors (Lipinski definition) is 3. The number of rotatable bonds is 5. The quantitative estimate of drug-likeness (QED) is 0.734. The number of ether oxygens (including phenoxy) is 2. The van der Waals surface area contributed by atoms with E-state index in [2.05, 4.69) is 13.8 Å². The molecule has 1 fully saturated rings. The molecule has 1 saturated heterocycles. The summed E-state index contributed by atoms with van der Waals surface area (Å²) in [6, 6.07) is 0.270. The Morgan fingerprint density at radius 1 is 1.57 bits per heavy atom. The first-order valence-electron chi connectivity index (χ1n) is 5.43. The van der Waals surface area contributed by atoms with Gasteiger partial charge in [-0.3, -0.25) is 0 Å². The molecule has 2 unspecified atom stereocenters. The molecule has 2 N–H and O–H groups in total. The van der Waals surface area contributed by atoms with E-state index in [1.54, 1.807) is 7.11 Å². The Labute approximate surface area is 86.9 Å². The second kappa shape index (κ2) is 5.10. The minimum absolute atomic E-state index is 0.0446. The maximum absolute atomic E-state index is 6.11. The monoisotopic (exact) mass is 201 g/mol. The van der Waals surface area contributed by atoms with Crippen molar-refractivity contribution in [2.75, 3.05) is 20.3 Å². The van der Waals surface area contributed by atoms with Crippen LogP contribution in [0.15, 0.2) is 0 Å². The van der Waals surface area contributed by atoms with E-state index < -0.39 is 0 Å². The van der Waals surface area contributed by atoms with Crippen molar-refractivity contribution in [3.63, 3.8) is 0 Å². The topological polar surface area (TPSA) is 44.5 Å². The van der Waals surface area contributed by atoms with E-state index in [1.165, 1.54) is 0 Å². The van der Waals surface area contributed by atoms with E-state index >= 15 is 0 Å². The molecule has 84 valence electrons. The molecule has 14 heavy (non-hydrogen) atoms. The van der Waals surface area contributed by atoms with Gasteiger partial charge in [0.1, 0.15) is 0 Å². The summed E-state index contributed by atoms with van der Waals surface area (Å²) in [5, 5.41) is 0. The molecular weight excluding hydrogens is 178 g/mol. The zero-order valence-electron chi connectivity index (χ0n) is 9.58. The molecule has 1 heterocycles. The fourth-order valence-corrected chi connectivity index (χ4v) is 1.74. The van der Waals surface area contributed by atoms with Crippen LogP contribution in [-0.4, -0.2) is 32.0 Å². The first-order chi connectivity index (χ1) is 6.55. The molecule has 3 nitrogen and oxygen atoms in total. The van der Waals surface area contributed by atoms with E-state index in [0.717, 1.165) is 32.5 Å². The molecule has 1 rings (SSSR count). The minimum Gasteiger partial charge on any atom is -0.381 e. The van der Waals surface area contributed by atoms with Gasteiger partial charge in [-0.15, -0.1) is 0 Å². The highest BCUT2D eigenvalue weighted by atomic mass is 16.5. The van der Waals surface area contributed by atoms with Crippen molar-refractivity contribution in [2.45, 2.75) is 44.8 Å². The van der Waals surface area contributed by atoms with Crippen LogP contribution in [0.3, 0.4) is 0 Å². The van der Waals surface area contributed by atoms with E-state index in [4.69, 9.17) is 15.2 Å². The Morgan fingerprint density at radius 3 is 2.79 bits per heavy atom. The third kappa shape index (κ3) is 3.56. The van der Waals surface area contributed by atoms with Gasteiger partial charge in [0.15, 0.2) is 0 Å². The predicted molar refractivity (Wildman–Crippen MR) is 57.2 cm³/mol. The summed E-state index contributed by atoms with van der Waals surface area (Å²) in [4.78, 5) is 0. The van der Waals surface area contributed by atoms with Gasteiger partial charge in [0.05, 0.1) is 12.2 Å². The van der Waals surface area contributed by atoms with Gasteiger partial charge >= 0.3 is 0 Å². The van der Waals surface area contributed by atoms with Gasteiger partial charge in [0.2, 0.25) is 0 Å². The lowest BCUT2D eigenvalue weighted by Crippen LogP contribution is -2.33. The molecule has 0 aromatic rings. The van der Waals surface area contributed by atoms with Crippen molar-refractivity contribution in [1.82, 2.24) is 0 Å². The smallest absolute Gasteiger partial charge is 0.0623 e. The zero-order chi connectivity index (χ0) is 10.6. The van der Waals surface area contributed by atoms with Crippen LogP contribution >= 0.6 is 0 Å². The summed E-state index contributed by atoms with van der Waals surface area (Å²) in [5.41, 5.74) is 6.06. The Morgan fingerprint density at radius 2 is 2.29 bits per heavy atom. The van der Waals surface area contributed by atoms with Crippen LogP contribution in [0.4, 0.5) is 0 Å². The number of methoxy groups -OCH3 is 1. The van der Waals surface area contributed by atoms with Gasteiger partial charge in [-0.1, -0.05) is 0 Å². The van der Waals surface area contributed by atoms with Crippen LogP contribution in [0.1, 0.15) is 33.1 Å². The van der Waals surface area contributed by atoms with Crippen molar-refractivity contribution in [1.29, 1.82) is 0 Å². The molecule has 2 atom stereocenters. The molecule has 1 aliphatic heterocycles. The van der Waals surface area contributed by atoms with E-state index in [9.17, 15) is 0 Å². The average molecular weight is 201 g/mol. The Balaban J connectivity index is 2.23. The van der Waals surface area contributed by atoms with Crippen molar-refractivity contribution in [2.24, 2.45) is 11.7 Å². The van der Waals surface area contributed by atoms with Gasteiger partial charge in [-0.2, -0.15) is 0 Å². The Bertz CT molecular complexity index is 165. The van der Waals surface area contributed by atoms with Gasteiger partial charge in [-0.05, 0) is 39.0 Å². The summed E-state index contributed by atoms with van der Waals surface area (Å²) in [6.45, 7) is 5.93. The highest BCUT2D eigenvalue weighted by molar-refractivity contribution is 4.79. The highest BCUT2D eigenvalue weighted by Crippen LogP contribution is 2.22. The Hall–Kier alpha value is -0.120. The molecule has 0 amide bonds. The summed E-state index contributed by atoms with van der Waals surface area (Å²) in [5.74, 6) is 0.558. The third-order valence-corrected chi connectivity index (χ3v) is 3.20. The lowest BCUT2D eigenvalue weighted by atomic mass is 9.91. The van der Waals surface area contributed by atoms with Gasteiger partial charge in [0, 0.05) is 19.8 Å². The van der Waals surface area contributed by atoms with Crippen LogP contribution in [0.5, 0.6) is 0 Å². The largest absolute Gasteiger partial charge is 0.381 e. The van der Waals surface area contributed by atoms with Crippen molar-refractivity contribution < 1.29 is 9.47 Å². The van der Waals surface area contributed by atoms with Gasteiger partial charge in [-0.25, -0.2) is 0 Å². The summed E-state index contributed by atoms with van der Waals surface area (Å²) >= 11 is 0. The Kier molecular flexibility index (Phi) is 4.35. The lowest BCUT2D eigenvalue weighted by molar-refractivity contribution is 0.0111. The van der Waals surface area contributed by atoms with E-state index in [-0.39, 0.29) is 11.6 Å². The van der Waals surface area contributed by atoms with Crippen LogP contribution in [0, 0.1) is 5.92 Å². The minimum atomic E-state index is -0.0446. The van der Waals surface area contributed by atoms with Crippen LogP contribution in [0.25, 0.3) is 0 Å². The van der Waals surface area contributed by atoms with Crippen molar-refractivity contribution >= 4 is 0 Å². The fourth-order valence-electron chi connectivity index (χ4n) is 1.74. The first-order valence-corrected chi connectivity index (χ1v) is 5.43. The van der Waals surface area contributed by atoms with Crippen LogP contribution in [-0.2, 0) is 9.47 Å². The average Bonchev–Trinajstić information content (AvgIpc) is 2.67. The van der Waals surface area contributed by atoms with Gasteiger partial charge in [0.25, 0.3) is 0 Å². The zero-order valence-corrected chi connectivity index (χ0v) is 9.58. The molecule has 0 saturated carbocycles. The summed E-state index contributed by atoms with van der Waals surface area (Å²) < 4.78 is 10.7. The molecule has 0 aromatic carbocycles. The molecule has 1 aliphatic rings. The van der Waals surface area contributed by atoms with E-state index in [0.29, 0.717) is 5.92 Å². The summed E-state index contributed by atoms with van der Waals surface area (Å²) in [6.07, 6.45) is 3.16. The third-order valence-electron chi connectivity index (χ3n) is 3.20. The maximum atomic E-state index is 6.11. The molecule has 0 radical (unpaired) electrons. The second-order valence-electron chi connectivity index (χ2n) is 4.79. The summed E-state index contributed by atoms with van der Waals surface area (Å²) in [7, 11) is 1.75. The van der Waals surface area contributed by atoms with Crippen LogP contribution < -0.4 is 5.73 Å².